The first kappa shape index (κ1) is 17.1. The second-order valence-electron chi connectivity index (χ2n) is 7.02. The third kappa shape index (κ3) is 2.72. The molecule has 0 saturated carbocycles. The van der Waals surface area contributed by atoms with E-state index in [2.05, 4.69) is 17.4 Å². The van der Waals surface area contributed by atoms with E-state index >= 15 is 0 Å². The number of quaternary nitrogens is 2. The second-order valence-corrected chi connectivity index (χ2v) is 7.84. The number of benzene rings is 2. The van der Waals surface area contributed by atoms with Crippen molar-refractivity contribution in [1.29, 1.82) is 0 Å². The van der Waals surface area contributed by atoms with Gasteiger partial charge in [0.25, 0.3) is 6.17 Å². The smallest absolute Gasteiger partial charge is 0.262 e. The maximum atomic E-state index is 12.9. The maximum absolute atomic E-state index is 12.9. The number of anilines is 1. The summed E-state index contributed by atoms with van der Waals surface area (Å²) in [4.78, 5) is 2.20. The standard InChI is InChI=1S/C18H21Cl2N4O/c1-12-21-24(2)11-22(17-9-4-3-7-16(17)20)10-14-13(18(24)23(12)25)6-5-8-15(14)19/h3-9,12,18,21,23H,10-11H2,1-2H3/q+1. The van der Waals surface area contributed by atoms with Crippen LogP contribution >= 0.6 is 23.2 Å². The Hall–Kier alpha value is -1.34. The van der Waals surface area contributed by atoms with Crippen molar-refractivity contribution in [1.82, 2.24) is 5.43 Å². The molecule has 0 aromatic heterocycles. The lowest BCUT2D eigenvalue weighted by molar-refractivity contribution is -1.07. The van der Waals surface area contributed by atoms with Gasteiger partial charge in [-0.05, 0) is 24.3 Å². The molecule has 0 amide bonds. The Morgan fingerprint density at radius 2 is 1.88 bits per heavy atom. The Labute approximate surface area is 157 Å². The van der Waals surface area contributed by atoms with Gasteiger partial charge in [-0.3, -0.25) is 5.06 Å². The molecule has 0 bridgehead atoms. The van der Waals surface area contributed by atoms with Crippen LogP contribution in [0.4, 0.5) is 5.69 Å². The molecule has 0 radical (unpaired) electrons. The van der Waals surface area contributed by atoms with Gasteiger partial charge in [0.1, 0.15) is 0 Å². The quantitative estimate of drug-likeness (QED) is 0.591. The largest absolute Gasteiger partial charge is 0.628 e. The molecule has 2 heterocycles. The van der Waals surface area contributed by atoms with Gasteiger partial charge in [-0.15, -0.1) is 5.43 Å². The average Bonchev–Trinajstić information content (AvgIpc) is 2.71. The van der Waals surface area contributed by atoms with Crippen molar-refractivity contribution in [3.63, 3.8) is 0 Å². The molecule has 0 aliphatic carbocycles. The minimum absolute atomic E-state index is 0.201. The van der Waals surface area contributed by atoms with Crippen molar-refractivity contribution in [2.45, 2.75) is 25.8 Å². The van der Waals surface area contributed by atoms with E-state index in [1.165, 1.54) is 0 Å². The van der Waals surface area contributed by atoms with Crippen LogP contribution in [0, 0.1) is 5.21 Å². The fourth-order valence-electron chi connectivity index (χ4n) is 4.14. The van der Waals surface area contributed by atoms with Crippen LogP contribution in [0.3, 0.4) is 0 Å². The van der Waals surface area contributed by atoms with Crippen molar-refractivity contribution in [2.24, 2.45) is 0 Å². The predicted octanol–water partition coefficient (Wildman–Crippen LogP) is 2.66. The van der Waals surface area contributed by atoms with Gasteiger partial charge in [-0.2, -0.15) is 4.59 Å². The molecule has 7 heteroatoms. The number of rotatable bonds is 1. The first-order chi connectivity index (χ1) is 11.9. The van der Waals surface area contributed by atoms with E-state index in [9.17, 15) is 5.21 Å². The topological polar surface area (TPSA) is 42.8 Å². The number of halogens is 2. The van der Waals surface area contributed by atoms with Gasteiger partial charge in [0.15, 0.2) is 12.8 Å². The van der Waals surface area contributed by atoms with Gasteiger partial charge < -0.3 is 10.1 Å². The number of para-hydroxylation sites is 1. The van der Waals surface area contributed by atoms with Crippen LogP contribution < -0.4 is 15.4 Å². The SMILES string of the molecule is CC1N[N+]2(C)CN(c3ccccc3Cl)Cc3c(Cl)cccc3C2[NH+]1[O-]. The van der Waals surface area contributed by atoms with Crippen LogP contribution in [-0.4, -0.2) is 24.5 Å². The average molecular weight is 380 g/mol. The number of nitrogens with zero attached hydrogens (tertiary/aromatic N) is 2. The molecular formula is C18H21Cl2N4O+. The van der Waals surface area contributed by atoms with Gasteiger partial charge in [-0.1, -0.05) is 41.4 Å². The highest BCUT2D eigenvalue weighted by Crippen LogP contribution is 2.37. The van der Waals surface area contributed by atoms with E-state index in [-0.39, 0.29) is 17.4 Å². The predicted molar refractivity (Wildman–Crippen MR) is 99.8 cm³/mol. The molecule has 2 aliphatic rings. The summed E-state index contributed by atoms with van der Waals surface area (Å²) in [5.41, 5.74) is 6.42. The lowest BCUT2D eigenvalue weighted by Crippen LogP contribution is -3.10. The van der Waals surface area contributed by atoms with Crippen LogP contribution in [0.2, 0.25) is 10.0 Å². The summed E-state index contributed by atoms with van der Waals surface area (Å²) < 4.78 is 0.415. The van der Waals surface area contributed by atoms with E-state index in [1.807, 2.05) is 49.4 Å². The zero-order valence-corrected chi connectivity index (χ0v) is 15.7. The van der Waals surface area contributed by atoms with E-state index in [1.54, 1.807) is 0 Å². The van der Waals surface area contributed by atoms with Crippen LogP contribution in [-0.2, 0) is 6.54 Å². The van der Waals surface area contributed by atoms with Crippen LogP contribution in [0.1, 0.15) is 24.2 Å². The van der Waals surface area contributed by atoms with Crippen molar-refractivity contribution in [3.8, 4) is 0 Å². The van der Waals surface area contributed by atoms with Gasteiger partial charge in [0.2, 0.25) is 0 Å². The van der Waals surface area contributed by atoms with Gasteiger partial charge >= 0.3 is 0 Å². The molecule has 2 N–H and O–H groups in total. The minimum Gasteiger partial charge on any atom is -0.628 e. The molecule has 2 aromatic rings. The number of nitrogens with one attached hydrogen (secondary N) is 2. The molecular weight excluding hydrogens is 359 g/mol. The molecule has 2 aliphatic heterocycles. The summed E-state index contributed by atoms with van der Waals surface area (Å²) >= 11 is 13.0. The van der Waals surface area contributed by atoms with E-state index < -0.39 is 0 Å². The summed E-state index contributed by atoms with van der Waals surface area (Å²) in [6.45, 7) is 3.16. The summed E-state index contributed by atoms with van der Waals surface area (Å²) in [6.07, 6.45) is -0.468. The second kappa shape index (κ2) is 6.13. The normalized spacial score (nSPS) is 31.4. The molecule has 4 atom stereocenters. The van der Waals surface area contributed by atoms with Crippen LogP contribution in [0.25, 0.3) is 0 Å². The summed E-state index contributed by atoms with van der Waals surface area (Å²) in [7, 11) is 2.06. The monoisotopic (exact) mass is 379 g/mol. The number of hydrogen-bond donors (Lipinski definition) is 2. The summed E-state index contributed by atoms with van der Waals surface area (Å²) in [5.74, 6) is 0. The maximum Gasteiger partial charge on any atom is 0.262 e. The summed E-state index contributed by atoms with van der Waals surface area (Å²) in [6, 6.07) is 13.6. The van der Waals surface area contributed by atoms with E-state index in [4.69, 9.17) is 23.2 Å². The Morgan fingerprint density at radius 1 is 1.16 bits per heavy atom. The van der Waals surface area contributed by atoms with Crippen molar-refractivity contribution >= 4 is 28.9 Å². The summed E-state index contributed by atoms with van der Waals surface area (Å²) in [5, 5.41) is 14.5. The van der Waals surface area contributed by atoms with Crippen LogP contribution in [0.15, 0.2) is 42.5 Å². The molecule has 4 unspecified atom stereocenters. The highest BCUT2D eigenvalue weighted by atomic mass is 35.5. The number of fused-ring (bicyclic) bond motifs is 3. The molecule has 0 spiro atoms. The third-order valence-electron chi connectivity index (χ3n) is 5.21. The molecule has 25 heavy (non-hydrogen) atoms. The van der Waals surface area contributed by atoms with Crippen LogP contribution in [0.5, 0.6) is 0 Å². The molecule has 132 valence electrons. The van der Waals surface area contributed by atoms with Gasteiger partial charge in [-0.25, -0.2) is 0 Å². The molecule has 1 saturated heterocycles. The molecule has 2 aromatic carbocycles. The fourth-order valence-corrected chi connectivity index (χ4v) is 4.64. The Kier molecular flexibility index (Phi) is 4.19. The lowest BCUT2D eigenvalue weighted by atomic mass is 10.0. The zero-order chi connectivity index (χ0) is 17.8. The highest BCUT2D eigenvalue weighted by Gasteiger charge is 2.53. The fraction of sp³-hybridized carbons (Fsp3) is 0.333. The Bertz CT molecular complexity index is 817. The zero-order valence-electron chi connectivity index (χ0n) is 14.2. The minimum atomic E-state index is -0.267. The first-order valence-corrected chi connectivity index (χ1v) is 9.10. The van der Waals surface area contributed by atoms with Gasteiger partial charge in [0, 0.05) is 17.5 Å². The van der Waals surface area contributed by atoms with Crippen molar-refractivity contribution < 1.29 is 9.66 Å². The molecule has 5 nitrogen and oxygen atoms in total. The molecule has 4 rings (SSSR count). The van der Waals surface area contributed by atoms with E-state index in [0.29, 0.717) is 27.9 Å². The third-order valence-corrected chi connectivity index (χ3v) is 5.88. The number of hydroxylamine groups is 2. The van der Waals surface area contributed by atoms with E-state index in [0.717, 1.165) is 16.8 Å². The molecule has 1 fully saturated rings. The van der Waals surface area contributed by atoms with Crippen molar-refractivity contribution in [3.05, 3.63) is 68.8 Å². The van der Waals surface area contributed by atoms with Crippen molar-refractivity contribution in [2.75, 3.05) is 18.6 Å². The Morgan fingerprint density at radius 3 is 2.64 bits per heavy atom. The number of hydrogen-bond acceptors (Lipinski definition) is 3. The first-order valence-electron chi connectivity index (χ1n) is 8.34. The Balaban J connectivity index is 1.89. The van der Waals surface area contributed by atoms with Gasteiger partial charge in [0.05, 0.1) is 29.9 Å². The highest BCUT2D eigenvalue weighted by molar-refractivity contribution is 6.33. The lowest BCUT2D eigenvalue weighted by Gasteiger charge is -2.35.